The predicted octanol–water partition coefficient (Wildman–Crippen LogP) is 6.83. The van der Waals surface area contributed by atoms with E-state index in [9.17, 15) is 8.42 Å². The molecule has 148 valence electrons. The fraction of sp³-hybridized carbons (Fsp3) is 0. The summed E-state index contributed by atoms with van der Waals surface area (Å²) in [5.74, 6) is 1.17. The Kier molecular flexibility index (Phi) is 5.48. The summed E-state index contributed by atoms with van der Waals surface area (Å²) in [5, 5.41) is 1.41. The van der Waals surface area contributed by atoms with E-state index in [1.54, 1.807) is 30.5 Å². The maximum absolute atomic E-state index is 12.8. The van der Waals surface area contributed by atoms with Crippen molar-refractivity contribution in [1.82, 2.24) is 4.98 Å². The van der Waals surface area contributed by atoms with E-state index in [2.05, 4.69) is 25.6 Å². The number of H-pyrrole nitrogens is 1. The normalized spacial score (nSPS) is 11.6. The van der Waals surface area contributed by atoms with Gasteiger partial charge in [-0.25, -0.2) is 8.42 Å². The first-order chi connectivity index (χ1) is 13.8. The maximum Gasteiger partial charge on any atom is 0.261 e. The monoisotopic (exact) mass is 510 g/mol. The molecule has 0 aliphatic carbocycles. The Morgan fingerprint density at radius 3 is 2.14 bits per heavy atom. The maximum atomic E-state index is 12.8. The van der Waals surface area contributed by atoms with Gasteiger partial charge in [0.1, 0.15) is 11.5 Å². The minimum Gasteiger partial charge on any atom is -0.457 e. The second kappa shape index (κ2) is 7.91. The Morgan fingerprint density at radius 1 is 0.862 bits per heavy atom. The average Bonchev–Trinajstić information content (AvgIpc) is 3.09. The number of benzene rings is 3. The summed E-state index contributed by atoms with van der Waals surface area (Å²) in [6.45, 7) is 0. The SMILES string of the molecule is O=S(=O)(Nc1ccc(Cl)c2c(Cl)c[nH]c12)c1ccc(Oc2ccc(Br)cc2)cc1. The highest BCUT2D eigenvalue weighted by Gasteiger charge is 2.18. The third-order valence-corrected chi connectivity index (χ3v) is 6.69. The Bertz CT molecular complexity index is 1290. The van der Waals surface area contributed by atoms with Gasteiger partial charge in [0.05, 0.1) is 26.1 Å². The van der Waals surface area contributed by atoms with Crippen LogP contribution >= 0.6 is 39.1 Å². The molecule has 4 rings (SSSR count). The third-order valence-electron chi connectivity index (χ3n) is 4.16. The van der Waals surface area contributed by atoms with Crippen LogP contribution in [-0.2, 0) is 10.0 Å². The molecule has 0 fully saturated rings. The molecule has 9 heteroatoms. The molecule has 0 spiro atoms. The quantitative estimate of drug-likeness (QED) is 0.308. The molecule has 3 aromatic carbocycles. The van der Waals surface area contributed by atoms with Gasteiger partial charge in [0.2, 0.25) is 0 Å². The molecule has 0 radical (unpaired) electrons. The topological polar surface area (TPSA) is 71.2 Å². The summed E-state index contributed by atoms with van der Waals surface area (Å²) in [6.07, 6.45) is 1.56. The van der Waals surface area contributed by atoms with Crippen molar-refractivity contribution in [3.8, 4) is 11.5 Å². The molecular weight excluding hydrogens is 499 g/mol. The number of nitrogens with one attached hydrogen (secondary N) is 2. The Hall–Kier alpha value is -2.19. The van der Waals surface area contributed by atoms with Crippen LogP contribution in [0.5, 0.6) is 11.5 Å². The number of hydrogen-bond donors (Lipinski definition) is 2. The smallest absolute Gasteiger partial charge is 0.261 e. The molecule has 0 saturated heterocycles. The van der Waals surface area contributed by atoms with Gasteiger partial charge in [-0.1, -0.05) is 39.1 Å². The standard InChI is InChI=1S/C20H13BrCl2N2O3S/c21-12-1-3-13(4-2-12)28-14-5-7-15(8-6-14)29(26,27)25-18-10-9-16(22)19-17(23)11-24-20(18)19/h1-11,24-25H. The highest BCUT2D eigenvalue weighted by Crippen LogP contribution is 2.35. The second-order valence-electron chi connectivity index (χ2n) is 6.11. The number of anilines is 1. The average molecular weight is 512 g/mol. The van der Waals surface area contributed by atoms with Gasteiger partial charge >= 0.3 is 0 Å². The molecule has 2 N–H and O–H groups in total. The van der Waals surface area contributed by atoms with E-state index >= 15 is 0 Å². The molecule has 0 unspecified atom stereocenters. The molecule has 5 nitrogen and oxygen atoms in total. The molecule has 1 heterocycles. The van der Waals surface area contributed by atoms with Crippen LogP contribution in [0.15, 0.2) is 76.2 Å². The number of rotatable bonds is 5. The summed E-state index contributed by atoms with van der Waals surface area (Å²) in [4.78, 5) is 3.04. The number of hydrogen-bond acceptors (Lipinski definition) is 3. The van der Waals surface area contributed by atoms with Crippen molar-refractivity contribution >= 4 is 65.7 Å². The van der Waals surface area contributed by atoms with Crippen LogP contribution < -0.4 is 9.46 Å². The van der Waals surface area contributed by atoms with E-state index in [1.807, 2.05) is 24.3 Å². The highest BCUT2D eigenvalue weighted by atomic mass is 79.9. The molecule has 0 atom stereocenters. The lowest BCUT2D eigenvalue weighted by molar-refractivity contribution is 0.482. The molecule has 1 aromatic heterocycles. The minimum absolute atomic E-state index is 0.0985. The number of aromatic nitrogens is 1. The first-order valence-electron chi connectivity index (χ1n) is 8.35. The summed E-state index contributed by atoms with van der Waals surface area (Å²) in [5.41, 5.74) is 0.868. The Morgan fingerprint density at radius 2 is 1.48 bits per heavy atom. The zero-order valence-corrected chi connectivity index (χ0v) is 18.5. The van der Waals surface area contributed by atoms with Gasteiger partial charge < -0.3 is 9.72 Å². The van der Waals surface area contributed by atoms with Crippen molar-refractivity contribution in [2.75, 3.05) is 4.72 Å². The van der Waals surface area contributed by atoms with E-state index in [4.69, 9.17) is 27.9 Å². The number of halogens is 3. The van der Waals surface area contributed by atoms with Gasteiger partial charge in [0.15, 0.2) is 0 Å². The van der Waals surface area contributed by atoms with Crippen molar-refractivity contribution in [3.05, 3.63) is 81.4 Å². The summed E-state index contributed by atoms with van der Waals surface area (Å²) in [7, 11) is -3.82. The van der Waals surface area contributed by atoms with Crippen molar-refractivity contribution in [2.24, 2.45) is 0 Å². The van der Waals surface area contributed by atoms with E-state index < -0.39 is 10.0 Å². The number of ether oxygens (including phenoxy) is 1. The molecule has 0 bridgehead atoms. The van der Waals surface area contributed by atoms with Crippen molar-refractivity contribution < 1.29 is 13.2 Å². The van der Waals surface area contributed by atoms with Crippen LogP contribution in [0, 0.1) is 0 Å². The van der Waals surface area contributed by atoms with E-state index in [-0.39, 0.29) is 4.90 Å². The summed E-state index contributed by atoms with van der Waals surface area (Å²) >= 11 is 15.6. The Labute approximate surface area is 185 Å². The van der Waals surface area contributed by atoms with Crippen molar-refractivity contribution in [2.45, 2.75) is 4.90 Å². The fourth-order valence-electron chi connectivity index (χ4n) is 2.78. The van der Waals surface area contributed by atoms with E-state index in [1.165, 1.54) is 12.1 Å². The third kappa shape index (κ3) is 4.23. The molecule has 0 aliphatic rings. The van der Waals surface area contributed by atoms with Crippen molar-refractivity contribution in [3.63, 3.8) is 0 Å². The second-order valence-corrected chi connectivity index (χ2v) is 9.53. The largest absolute Gasteiger partial charge is 0.457 e. The molecule has 0 saturated carbocycles. The Balaban J connectivity index is 1.58. The molecular formula is C20H13BrCl2N2O3S. The van der Waals surface area contributed by atoms with Gasteiger partial charge in [-0.05, 0) is 60.7 Å². The molecule has 29 heavy (non-hydrogen) atoms. The van der Waals surface area contributed by atoms with Gasteiger partial charge in [-0.2, -0.15) is 0 Å². The van der Waals surface area contributed by atoms with Gasteiger partial charge in [-0.3, -0.25) is 4.72 Å². The zero-order valence-electron chi connectivity index (χ0n) is 14.6. The minimum atomic E-state index is -3.82. The van der Waals surface area contributed by atoms with Gasteiger partial charge in [-0.15, -0.1) is 0 Å². The summed E-state index contributed by atoms with van der Waals surface area (Å²) < 4.78 is 34.8. The van der Waals surface area contributed by atoms with Crippen LogP contribution in [0.2, 0.25) is 10.0 Å². The molecule has 4 aromatic rings. The van der Waals surface area contributed by atoms with Crippen LogP contribution in [0.3, 0.4) is 0 Å². The predicted molar refractivity (Wildman–Crippen MR) is 120 cm³/mol. The molecule has 0 amide bonds. The van der Waals surface area contributed by atoms with Gasteiger partial charge in [0.25, 0.3) is 10.0 Å². The lowest BCUT2D eigenvalue weighted by atomic mass is 10.2. The zero-order chi connectivity index (χ0) is 20.6. The lowest BCUT2D eigenvalue weighted by Crippen LogP contribution is -2.13. The highest BCUT2D eigenvalue weighted by molar-refractivity contribution is 9.10. The number of sulfonamides is 1. The first-order valence-corrected chi connectivity index (χ1v) is 11.4. The summed E-state index contributed by atoms with van der Waals surface area (Å²) in [6, 6.07) is 16.7. The van der Waals surface area contributed by atoms with Gasteiger partial charge in [0, 0.05) is 16.1 Å². The van der Waals surface area contributed by atoms with Crippen molar-refractivity contribution in [1.29, 1.82) is 0 Å². The lowest BCUT2D eigenvalue weighted by Gasteiger charge is -2.11. The van der Waals surface area contributed by atoms with E-state index in [0.717, 1.165) is 4.47 Å². The number of fused-ring (bicyclic) bond motifs is 1. The molecule has 0 aliphatic heterocycles. The van der Waals surface area contributed by atoms with Crippen LogP contribution in [-0.4, -0.2) is 13.4 Å². The first kappa shape index (κ1) is 20.1. The van der Waals surface area contributed by atoms with E-state index in [0.29, 0.717) is 38.1 Å². The number of aromatic amines is 1. The van der Waals surface area contributed by atoms with Crippen LogP contribution in [0.1, 0.15) is 0 Å². The van der Waals surface area contributed by atoms with Crippen LogP contribution in [0.25, 0.3) is 10.9 Å². The van der Waals surface area contributed by atoms with Crippen LogP contribution in [0.4, 0.5) is 5.69 Å². The fourth-order valence-corrected chi connectivity index (χ4v) is 4.68.